The van der Waals surface area contributed by atoms with E-state index in [-0.39, 0.29) is 35.3 Å². The van der Waals surface area contributed by atoms with Crippen LogP contribution in [0.5, 0.6) is 5.75 Å². The van der Waals surface area contributed by atoms with Gasteiger partial charge in [0.05, 0.1) is 36.3 Å². The van der Waals surface area contributed by atoms with Crippen molar-refractivity contribution >= 4 is 28.2 Å². The molecule has 0 N–H and O–H groups in total. The molecule has 166 valence electrons. The molecule has 0 amide bonds. The van der Waals surface area contributed by atoms with Crippen molar-refractivity contribution in [3.05, 3.63) is 58.6 Å². The number of halogens is 3. The van der Waals surface area contributed by atoms with Crippen molar-refractivity contribution in [3.63, 3.8) is 0 Å². The van der Waals surface area contributed by atoms with Crippen molar-refractivity contribution in [3.8, 4) is 5.75 Å². The van der Waals surface area contributed by atoms with Gasteiger partial charge < -0.3 is 9.47 Å². The smallest absolute Gasteiger partial charge is 0.188 e. The van der Waals surface area contributed by atoms with Crippen molar-refractivity contribution < 1.29 is 26.7 Å². The molecule has 1 saturated carbocycles. The second-order valence-corrected chi connectivity index (χ2v) is 10.4. The monoisotopic (exact) mass is 469 g/mol. The highest BCUT2D eigenvalue weighted by Gasteiger charge is 2.59. The van der Waals surface area contributed by atoms with E-state index in [0.717, 1.165) is 12.1 Å². The summed E-state index contributed by atoms with van der Waals surface area (Å²) in [5.41, 5.74) is -0.232. The molecule has 2 aromatic rings. The van der Waals surface area contributed by atoms with E-state index in [9.17, 15) is 12.8 Å². The summed E-state index contributed by atoms with van der Waals surface area (Å²) in [5, 5.41) is 0.380. The maximum atomic E-state index is 15.1. The van der Waals surface area contributed by atoms with Crippen LogP contribution < -0.4 is 4.74 Å². The van der Waals surface area contributed by atoms with Crippen LogP contribution in [0.25, 0.3) is 0 Å². The van der Waals surface area contributed by atoms with Gasteiger partial charge in [0.1, 0.15) is 10.6 Å². The van der Waals surface area contributed by atoms with Crippen molar-refractivity contribution in [1.82, 2.24) is 0 Å². The Kier molecular flexibility index (Phi) is 6.07. The Morgan fingerprint density at radius 2 is 1.90 bits per heavy atom. The molecule has 0 bridgehead atoms. The molecular weight excluding hydrogens is 448 g/mol. The molecule has 0 saturated heterocycles. The zero-order valence-corrected chi connectivity index (χ0v) is 18.3. The third-order valence-corrected chi connectivity index (χ3v) is 9.01. The minimum absolute atomic E-state index is 0.00800. The normalized spacial score (nSPS) is 25.3. The highest BCUT2D eigenvalue weighted by atomic mass is 35.5. The van der Waals surface area contributed by atoms with Crippen LogP contribution in [0.1, 0.15) is 24.8 Å². The fraction of sp³-hybridized carbons (Fsp3) is 0.409. The van der Waals surface area contributed by atoms with E-state index in [1.807, 2.05) is 0 Å². The number of hydrogen-bond donors (Lipinski definition) is 0. The summed E-state index contributed by atoms with van der Waals surface area (Å²) >= 11 is 5.94. The lowest BCUT2D eigenvalue weighted by molar-refractivity contribution is -0.0120. The van der Waals surface area contributed by atoms with Gasteiger partial charge in [0.15, 0.2) is 21.4 Å². The molecule has 4 rings (SSSR count). The first-order valence-electron chi connectivity index (χ1n) is 9.97. The Labute approximate surface area is 185 Å². The maximum Gasteiger partial charge on any atom is 0.188 e. The molecule has 31 heavy (non-hydrogen) atoms. The van der Waals surface area contributed by atoms with Crippen LogP contribution in [-0.2, 0) is 19.3 Å². The Hall–Kier alpha value is -2.03. The van der Waals surface area contributed by atoms with E-state index in [0.29, 0.717) is 31.0 Å². The predicted octanol–water partition coefficient (Wildman–Crippen LogP) is 4.57. The zero-order chi connectivity index (χ0) is 22.2. The van der Waals surface area contributed by atoms with E-state index in [4.69, 9.17) is 21.1 Å². The summed E-state index contributed by atoms with van der Waals surface area (Å²) < 4.78 is 67.4. The van der Waals surface area contributed by atoms with Crippen molar-refractivity contribution in [1.29, 1.82) is 0 Å². The Morgan fingerprint density at radius 3 is 2.61 bits per heavy atom. The van der Waals surface area contributed by atoms with Gasteiger partial charge in [-0.25, -0.2) is 17.2 Å². The number of fused-ring (bicyclic) bond motifs is 3. The largest absolute Gasteiger partial charge is 0.490 e. The standard InChI is InChI=1S/C22H22ClF2NO4S/c1-26-10-11-29-16-8-9-22(31(27,28)17-4-2-15(23)3-5-17)14(12-16)13-30-21-19(25)7-6-18(24)20(21)22/h2-7,14,16H,1,8-13H2/t14-,16-,22+/m1/s1. The zero-order valence-electron chi connectivity index (χ0n) is 16.7. The molecule has 1 aliphatic carbocycles. The fourth-order valence-electron chi connectivity index (χ4n) is 4.74. The van der Waals surface area contributed by atoms with Crippen LogP contribution in [0.2, 0.25) is 5.02 Å². The molecule has 9 heteroatoms. The van der Waals surface area contributed by atoms with Gasteiger partial charge in [-0.05, 0) is 62.4 Å². The van der Waals surface area contributed by atoms with E-state index in [1.54, 1.807) is 0 Å². The van der Waals surface area contributed by atoms with Crippen LogP contribution in [0.3, 0.4) is 0 Å². The predicted molar refractivity (Wildman–Crippen MR) is 114 cm³/mol. The van der Waals surface area contributed by atoms with Crippen LogP contribution in [0, 0.1) is 17.6 Å². The highest BCUT2D eigenvalue weighted by Crippen LogP contribution is 2.56. The Bertz CT molecular complexity index is 1090. The van der Waals surface area contributed by atoms with Gasteiger partial charge in [-0.1, -0.05) is 11.6 Å². The van der Waals surface area contributed by atoms with Gasteiger partial charge in [-0.3, -0.25) is 4.99 Å². The van der Waals surface area contributed by atoms with Crippen LogP contribution in [-0.4, -0.2) is 41.0 Å². The maximum absolute atomic E-state index is 15.1. The lowest BCUT2D eigenvalue weighted by atomic mass is 9.72. The number of nitrogens with zero attached hydrogens (tertiary/aromatic N) is 1. The quantitative estimate of drug-likeness (QED) is 0.459. The molecule has 1 aliphatic heterocycles. The van der Waals surface area contributed by atoms with Gasteiger partial charge >= 0.3 is 0 Å². The summed E-state index contributed by atoms with van der Waals surface area (Å²) in [6, 6.07) is 7.65. The minimum atomic E-state index is -4.13. The number of aliphatic imine (C=N–C) groups is 1. The van der Waals surface area contributed by atoms with Crippen molar-refractivity contribution in [2.45, 2.75) is 35.0 Å². The Morgan fingerprint density at radius 1 is 1.19 bits per heavy atom. The third-order valence-electron chi connectivity index (χ3n) is 6.16. The molecule has 1 fully saturated rings. The van der Waals surface area contributed by atoms with E-state index in [1.165, 1.54) is 24.3 Å². The molecule has 0 aromatic heterocycles. The molecule has 0 radical (unpaired) electrons. The molecule has 3 atom stereocenters. The van der Waals surface area contributed by atoms with E-state index >= 15 is 4.39 Å². The summed E-state index contributed by atoms with van der Waals surface area (Å²) in [4.78, 5) is 3.76. The van der Waals surface area contributed by atoms with Gasteiger partial charge in [0.2, 0.25) is 0 Å². The molecular formula is C22H22ClF2NO4S. The summed E-state index contributed by atoms with van der Waals surface area (Å²) in [6.45, 7) is 4.15. The van der Waals surface area contributed by atoms with Crippen molar-refractivity contribution in [2.75, 3.05) is 19.8 Å². The second-order valence-electron chi connectivity index (χ2n) is 7.80. The molecule has 1 heterocycles. The average Bonchev–Trinajstić information content (AvgIpc) is 2.76. The third kappa shape index (κ3) is 3.64. The van der Waals surface area contributed by atoms with Gasteiger partial charge in [0, 0.05) is 10.9 Å². The molecule has 5 nitrogen and oxygen atoms in total. The fourth-order valence-corrected chi connectivity index (χ4v) is 7.23. The summed E-state index contributed by atoms with van der Waals surface area (Å²) in [5.74, 6) is -2.53. The van der Waals surface area contributed by atoms with Gasteiger partial charge in [-0.2, -0.15) is 0 Å². The Balaban J connectivity index is 1.85. The number of ether oxygens (including phenoxy) is 2. The lowest BCUT2D eigenvalue weighted by Crippen LogP contribution is -2.53. The average molecular weight is 470 g/mol. The topological polar surface area (TPSA) is 65.0 Å². The molecule has 0 spiro atoms. The van der Waals surface area contributed by atoms with Gasteiger partial charge in [0.25, 0.3) is 0 Å². The summed E-state index contributed by atoms with van der Waals surface area (Å²) in [7, 11) is -4.13. The molecule has 2 aromatic carbocycles. The van der Waals surface area contributed by atoms with Crippen molar-refractivity contribution in [2.24, 2.45) is 10.9 Å². The summed E-state index contributed by atoms with van der Waals surface area (Å²) in [6.07, 6.45) is 0.544. The van der Waals surface area contributed by atoms with Crippen LogP contribution in [0.15, 0.2) is 46.3 Å². The van der Waals surface area contributed by atoms with E-state index < -0.39 is 32.1 Å². The SMILES string of the molecule is C=NCCO[C@@H]1CC[C@@]2(S(=O)(=O)c3ccc(Cl)cc3)c3c(F)ccc(F)c3OC[C@H]2C1. The number of rotatable bonds is 6. The molecule has 2 aliphatic rings. The molecule has 0 unspecified atom stereocenters. The number of hydrogen-bond acceptors (Lipinski definition) is 5. The van der Waals surface area contributed by atoms with E-state index in [2.05, 4.69) is 11.7 Å². The number of benzene rings is 2. The lowest BCUT2D eigenvalue weighted by Gasteiger charge is -2.48. The number of sulfone groups is 1. The van der Waals surface area contributed by atoms with Crippen LogP contribution >= 0.6 is 11.6 Å². The second kappa shape index (κ2) is 8.48. The first-order valence-corrected chi connectivity index (χ1v) is 11.8. The minimum Gasteiger partial charge on any atom is -0.490 e. The first kappa shape index (κ1) is 22.2. The van der Waals surface area contributed by atoms with Gasteiger partial charge in [-0.15, -0.1) is 0 Å². The van der Waals surface area contributed by atoms with Crippen LogP contribution in [0.4, 0.5) is 8.78 Å². The highest BCUT2D eigenvalue weighted by molar-refractivity contribution is 7.92. The first-order chi connectivity index (χ1) is 14.8.